The smallest absolute Gasteiger partial charge is 0.224 e. The molecule has 0 fully saturated rings. The van der Waals surface area contributed by atoms with Crippen LogP contribution in [0.4, 0.5) is 17.2 Å². The summed E-state index contributed by atoms with van der Waals surface area (Å²) >= 11 is 0. The van der Waals surface area contributed by atoms with Crippen LogP contribution in [0.1, 0.15) is 12.0 Å². The Balaban J connectivity index is 1.61. The number of carbonyl (C=O) groups is 1. The molecule has 0 aliphatic carbocycles. The van der Waals surface area contributed by atoms with Crippen molar-refractivity contribution >= 4 is 34.0 Å². The van der Waals surface area contributed by atoms with Crippen LogP contribution in [0.25, 0.3) is 22.3 Å². The van der Waals surface area contributed by atoms with E-state index in [1.807, 2.05) is 48.5 Å². The van der Waals surface area contributed by atoms with Crippen LogP contribution in [0.15, 0.2) is 60.9 Å². The molecule has 1 aliphatic heterocycles. The number of hydrogen-bond acceptors (Lipinski definition) is 6. The first-order valence-electron chi connectivity index (χ1n) is 9.65. The third-order valence-corrected chi connectivity index (χ3v) is 5.09. The lowest BCUT2D eigenvalue weighted by Crippen LogP contribution is -2.18. The van der Waals surface area contributed by atoms with Gasteiger partial charge in [-0.3, -0.25) is 9.78 Å². The number of ether oxygens (including phenoxy) is 1. The number of benzene rings is 2. The predicted octanol–water partition coefficient (Wildman–Crippen LogP) is 4.33. The van der Waals surface area contributed by atoms with Crippen LogP contribution in [0.5, 0.6) is 5.75 Å². The summed E-state index contributed by atoms with van der Waals surface area (Å²) in [5.41, 5.74) is 4.41. The highest BCUT2D eigenvalue weighted by Gasteiger charge is 2.16. The van der Waals surface area contributed by atoms with Gasteiger partial charge in [-0.25, -0.2) is 9.97 Å². The van der Waals surface area contributed by atoms with Gasteiger partial charge in [0.2, 0.25) is 5.91 Å². The predicted molar refractivity (Wildman–Crippen MR) is 116 cm³/mol. The van der Waals surface area contributed by atoms with Crippen LogP contribution in [0.2, 0.25) is 0 Å². The molecule has 0 saturated heterocycles. The molecule has 0 atom stereocenters. The maximum absolute atomic E-state index is 11.8. The number of rotatable bonds is 4. The molecule has 4 aromatic rings. The molecule has 0 unspecified atom stereocenters. The number of aromatic nitrogens is 3. The summed E-state index contributed by atoms with van der Waals surface area (Å²) in [6.45, 7) is 0. The third kappa shape index (κ3) is 3.41. The first-order chi connectivity index (χ1) is 14.7. The van der Waals surface area contributed by atoms with Crippen LogP contribution >= 0.6 is 0 Å². The second-order valence-corrected chi connectivity index (χ2v) is 7.07. The molecule has 3 heterocycles. The topological polar surface area (TPSA) is 89.0 Å². The van der Waals surface area contributed by atoms with E-state index in [1.54, 1.807) is 19.5 Å². The summed E-state index contributed by atoms with van der Waals surface area (Å²) < 4.78 is 5.39. The van der Waals surface area contributed by atoms with E-state index in [9.17, 15) is 4.79 Å². The fraction of sp³-hybridized carbons (Fsp3) is 0.130. The lowest BCUT2D eigenvalue weighted by Gasteiger charge is -2.18. The van der Waals surface area contributed by atoms with Crippen LogP contribution in [-0.4, -0.2) is 28.0 Å². The van der Waals surface area contributed by atoms with Crippen LogP contribution in [0, 0.1) is 0 Å². The van der Waals surface area contributed by atoms with Crippen LogP contribution in [0.3, 0.4) is 0 Å². The SMILES string of the molecule is COc1ccc2nc(-c3cccnc3)nc(Nc3ccc4c(c3)NC(=O)CC4)c2c1. The first kappa shape index (κ1) is 18.1. The van der Waals surface area contributed by atoms with Crippen molar-refractivity contribution in [1.82, 2.24) is 15.0 Å². The number of fused-ring (bicyclic) bond motifs is 2. The normalized spacial score (nSPS) is 12.9. The molecule has 30 heavy (non-hydrogen) atoms. The Morgan fingerprint density at radius 1 is 1.07 bits per heavy atom. The molecular weight excluding hydrogens is 378 g/mol. The molecule has 7 nitrogen and oxygen atoms in total. The van der Waals surface area contributed by atoms with E-state index < -0.39 is 0 Å². The lowest BCUT2D eigenvalue weighted by atomic mass is 10.0. The zero-order chi connectivity index (χ0) is 20.5. The fourth-order valence-electron chi connectivity index (χ4n) is 3.54. The average Bonchev–Trinajstić information content (AvgIpc) is 2.79. The highest BCUT2D eigenvalue weighted by molar-refractivity contribution is 5.96. The Morgan fingerprint density at radius 3 is 2.83 bits per heavy atom. The second kappa shape index (κ2) is 7.44. The van der Waals surface area contributed by atoms with Gasteiger partial charge in [0.15, 0.2) is 5.82 Å². The molecule has 5 rings (SSSR count). The minimum atomic E-state index is 0.0377. The zero-order valence-corrected chi connectivity index (χ0v) is 16.3. The summed E-state index contributed by atoms with van der Waals surface area (Å²) in [6.07, 6.45) is 4.73. The van der Waals surface area contributed by atoms with Crippen LogP contribution in [-0.2, 0) is 11.2 Å². The molecule has 1 aliphatic rings. The number of anilines is 3. The zero-order valence-electron chi connectivity index (χ0n) is 16.3. The van der Waals surface area contributed by atoms with Crippen molar-refractivity contribution in [3.8, 4) is 17.1 Å². The summed E-state index contributed by atoms with van der Waals surface area (Å²) in [6, 6.07) is 15.4. The van der Waals surface area contributed by atoms with E-state index in [0.29, 0.717) is 18.1 Å². The monoisotopic (exact) mass is 397 g/mol. The molecule has 0 radical (unpaired) electrons. The molecule has 148 valence electrons. The summed E-state index contributed by atoms with van der Waals surface area (Å²) in [4.78, 5) is 25.4. The van der Waals surface area contributed by atoms with E-state index in [1.165, 1.54) is 0 Å². The number of nitrogens with one attached hydrogen (secondary N) is 2. The maximum atomic E-state index is 11.8. The van der Waals surface area contributed by atoms with Crippen molar-refractivity contribution < 1.29 is 9.53 Å². The van der Waals surface area contributed by atoms with Crippen molar-refractivity contribution in [2.45, 2.75) is 12.8 Å². The molecule has 0 bridgehead atoms. The van der Waals surface area contributed by atoms with Crippen molar-refractivity contribution in [2.24, 2.45) is 0 Å². The number of pyridine rings is 1. The van der Waals surface area contributed by atoms with Crippen molar-refractivity contribution in [3.63, 3.8) is 0 Å². The Bertz CT molecular complexity index is 1260. The van der Waals surface area contributed by atoms with Crippen LogP contribution < -0.4 is 15.4 Å². The van der Waals surface area contributed by atoms with Gasteiger partial charge in [0.1, 0.15) is 11.6 Å². The van der Waals surface area contributed by atoms with Crippen molar-refractivity contribution in [2.75, 3.05) is 17.7 Å². The summed E-state index contributed by atoms with van der Waals surface area (Å²) in [5, 5.41) is 7.17. The minimum absolute atomic E-state index is 0.0377. The fourth-order valence-corrected chi connectivity index (χ4v) is 3.54. The average molecular weight is 397 g/mol. The minimum Gasteiger partial charge on any atom is -0.497 e. The number of aryl methyl sites for hydroxylation is 1. The van der Waals surface area contributed by atoms with Gasteiger partial charge in [0, 0.05) is 41.1 Å². The van der Waals surface area contributed by atoms with Gasteiger partial charge in [0.05, 0.1) is 12.6 Å². The van der Waals surface area contributed by atoms with Gasteiger partial charge in [-0.05, 0) is 54.4 Å². The molecular formula is C23H19N5O2. The quantitative estimate of drug-likeness (QED) is 0.533. The molecule has 2 aromatic heterocycles. The first-order valence-corrected chi connectivity index (χ1v) is 9.65. The van der Waals surface area contributed by atoms with E-state index in [-0.39, 0.29) is 5.91 Å². The summed E-state index contributed by atoms with van der Waals surface area (Å²) in [7, 11) is 1.63. The van der Waals surface area contributed by atoms with Gasteiger partial charge >= 0.3 is 0 Å². The molecule has 0 spiro atoms. The van der Waals surface area contributed by atoms with Crippen molar-refractivity contribution in [3.05, 3.63) is 66.5 Å². The standard InChI is InChI=1S/C23H19N5O2/c1-30-17-7-8-19-18(12-17)23(28-22(27-19)15-3-2-10-24-13-15)25-16-6-4-14-5-9-21(29)26-20(14)11-16/h2-4,6-8,10-13H,5,9H2,1H3,(H,26,29)(H,25,27,28). The number of hydrogen-bond donors (Lipinski definition) is 2. The number of amides is 1. The largest absolute Gasteiger partial charge is 0.497 e. The number of nitrogens with zero attached hydrogens (tertiary/aromatic N) is 3. The van der Waals surface area contributed by atoms with Gasteiger partial charge in [0.25, 0.3) is 0 Å². The second-order valence-electron chi connectivity index (χ2n) is 7.07. The van der Waals surface area contributed by atoms with E-state index in [2.05, 4.69) is 15.6 Å². The van der Waals surface area contributed by atoms with Gasteiger partial charge in [-0.2, -0.15) is 0 Å². The van der Waals surface area contributed by atoms with E-state index in [0.717, 1.165) is 45.6 Å². The van der Waals surface area contributed by atoms with E-state index >= 15 is 0 Å². The molecule has 2 aromatic carbocycles. The summed E-state index contributed by atoms with van der Waals surface area (Å²) in [5.74, 6) is 1.99. The molecule has 1 amide bonds. The van der Waals surface area contributed by atoms with E-state index in [4.69, 9.17) is 14.7 Å². The van der Waals surface area contributed by atoms with Crippen molar-refractivity contribution in [1.29, 1.82) is 0 Å². The number of methoxy groups -OCH3 is 1. The Hall–Kier alpha value is -4.00. The lowest BCUT2D eigenvalue weighted by molar-refractivity contribution is -0.116. The highest BCUT2D eigenvalue weighted by atomic mass is 16.5. The number of carbonyl (C=O) groups excluding carboxylic acids is 1. The van der Waals surface area contributed by atoms with Gasteiger partial charge in [-0.15, -0.1) is 0 Å². The maximum Gasteiger partial charge on any atom is 0.224 e. The Kier molecular flexibility index (Phi) is 4.48. The molecule has 0 saturated carbocycles. The van der Waals surface area contributed by atoms with Gasteiger partial charge in [-0.1, -0.05) is 6.07 Å². The Labute approximate surface area is 173 Å². The molecule has 2 N–H and O–H groups in total. The highest BCUT2D eigenvalue weighted by Crippen LogP contribution is 2.32. The third-order valence-electron chi connectivity index (χ3n) is 5.09. The van der Waals surface area contributed by atoms with Gasteiger partial charge < -0.3 is 15.4 Å². The Morgan fingerprint density at radius 2 is 2.00 bits per heavy atom. The molecule has 7 heteroatoms.